The quantitative estimate of drug-likeness (QED) is 0.722. The van der Waals surface area contributed by atoms with Crippen LogP contribution in [0.1, 0.15) is 5.69 Å². The molecule has 8 heteroatoms. The van der Waals surface area contributed by atoms with E-state index in [-0.39, 0.29) is 5.03 Å². The van der Waals surface area contributed by atoms with Gasteiger partial charge in [-0.05, 0) is 5.16 Å². The van der Waals surface area contributed by atoms with Crippen molar-refractivity contribution in [1.82, 2.24) is 20.5 Å². The van der Waals surface area contributed by atoms with Crippen molar-refractivity contribution >= 4 is 9.84 Å². The summed E-state index contributed by atoms with van der Waals surface area (Å²) in [5, 5.41) is 10.3. The lowest BCUT2D eigenvalue weighted by Crippen LogP contribution is -2.43. The Morgan fingerprint density at radius 1 is 1.38 bits per heavy atom. The number of hydrogen-bond acceptors (Lipinski definition) is 7. The number of nitrogens with zero attached hydrogens (tertiary/aromatic N) is 3. The zero-order chi connectivity index (χ0) is 11.6. The van der Waals surface area contributed by atoms with Crippen LogP contribution in [0.2, 0.25) is 0 Å². The van der Waals surface area contributed by atoms with E-state index in [0.29, 0.717) is 12.2 Å². The molecule has 2 heterocycles. The molecule has 1 saturated heterocycles. The van der Waals surface area contributed by atoms with E-state index in [1.807, 2.05) is 0 Å². The van der Waals surface area contributed by atoms with Gasteiger partial charge in [0.2, 0.25) is 5.03 Å². The Morgan fingerprint density at radius 3 is 2.69 bits per heavy atom. The molecule has 90 valence electrons. The Morgan fingerprint density at radius 2 is 2.06 bits per heavy atom. The fourth-order valence-corrected chi connectivity index (χ4v) is 2.36. The van der Waals surface area contributed by atoms with E-state index in [0.717, 1.165) is 32.4 Å². The van der Waals surface area contributed by atoms with Gasteiger partial charge in [-0.1, -0.05) is 5.16 Å². The van der Waals surface area contributed by atoms with E-state index in [1.165, 1.54) is 0 Å². The van der Waals surface area contributed by atoms with E-state index in [4.69, 9.17) is 0 Å². The van der Waals surface area contributed by atoms with Gasteiger partial charge >= 0.3 is 0 Å². The molecule has 0 bridgehead atoms. The highest BCUT2D eigenvalue weighted by atomic mass is 32.2. The average Bonchev–Trinajstić information content (AvgIpc) is 2.67. The second-order valence-electron chi connectivity index (χ2n) is 3.81. The van der Waals surface area contributed by atoms with Crippen LogP contribution in [0, 0.1) is 0 Å². The molecule has 2 rings (SSSR count). The maximum Gasteiger partial charge on any atom is 0.223 e. The number of aromatic nitrogens is 2. The van der Waals surface area contributed by atoms with Gasteiger partial charge < -0.3 is 5.32 Å². The summed E-state index contributed by atoms with van der Waals surface area (Å²) in [6.07, 6.45) is 1.10. The van der Waals surface area contributed by atoms with E-state index in [9.17, 15) is 8.42 Å². The molecule has 0 spiro atoms. The fraction of sp³-hybridized carbons (Fsp3) is 0.750. The summed E-state index contributed by atoms with van der Waals surface area (Å²) >= 11 is 0. The Balaban J connectivity index is 2.12. The average molecular weight is 246 g/mol. The van der Waals surface area contributed by atoms with Crippen LogP contribution in [0.5, 0.6) is 0 Å². The van der Waals surface area contributed by atoms with Gasteiger partial charge in [0.25, 0.3) is 0 Å². The molecule has 0 unspecified atom stereocenters. The van der Waals surface area contributed by atoms with Crippen molar-refractivity contribution in [3.05, 3.63) is 5.69 Å². The molecular formula is C8H14N4O3S. The van der Waals surface area contributed by atoms with Gasteiger partial charge in [0.15, 0.2) is 9.84 Å². The first-order valence-corrected chi connectivity index (χ1v) is 6.91. The molecule has 1 aromatic heterocycles. The highest BCUT2D eigenvalue weighted by Crippen LogP contribution is 2.12. The van der Waals surface area contributed by atoms with Crippen LogP contribution in [0.25, 0.3) is 0 Å². The molecule has 0 aromatic carbocycles. The summed E-state index contributed by atoms with van der Waals surface area (Å²) in [4.78, 5) is 2.12. The van der Waals surface area contributed by atoms with Crippen molar-refractivity contribution in [1.29, 1.82) is 0 Å². The maximum atomic E-state index is 11.4. The molecule has 0 aliphatic carbocycles. The zero-order valence-electron chi connectivity index (χ0n) is 9.01. The van der Waals surface area contributed by atoms with Gasteiger partial charge in [-0.25, -0.2) is 13.0 Å². The van der Waals surface area contributed by atoms with Gasteiger partial charge in [-0.3, -0.25) is 4.90 Å². The van der Waals surface area contributed by atoms with Crippen molar-refractivity contribution in [3.63, 3.8) is 0 Å². The molecule has 1 aromatic rings. The Kier molecular flexibility index (Phi) is 3.22. The first-order valence-electron chi connectivity index (χ1n) is 5.02. The second-order valence-corrected chi connectivity index (χ2v) is 5.75. The molecule has 16 heavy (non-hydrogen) atoms. The van der Waals surface area contributed by atoms with Crippen molar-refractivity contribution < 1.29 is 13.0 Å². The van der Waals surface area contributed by atoms with Crippen LogP contribution in [0.3, 0.4) is 0 Å². The third-order valence-electron chi connectivity index (χ3n) is 2.46. The number of nitrogens with one attached hydrogen (secondary N) is 1. The summed E-state index contributed by atoms with van der Waals surface area (Å²) in [5.74, 6) is 0. The van der Waals surface area contributed by atoms with Crippen molar-refractivity contribution in [2.45, 2.75) is 11.6 Å². The smallest absolute Gasteiger partial charge is 0.223 e. The van der Waals surface area contributed by atoms with Crippen LogP contribution in [0.15, 0.2) is 9.65 Å². The molecule has 0 saturated carbocycles. The highest BCUT2D eigenvalue weighted by molar-refractivity contribution is 7.90. The SMILES string of the molecule is CS(=O)(=O)c1nonc1CN1CCNCC1. The highest BCUT2D eigenvalue weighted by Gasteiger charge is 2.22. The normalized spacial score (nSPS) is 18.8. The second kappa shape index (κ2) is 4.48. The summed E-state index contributed by atoms with van der Waals surface area (Å²) in [5.41, 5.74) is 0.393. The predicted octanol–water partition coefficient (Wildman–Crippen LogP) is -1.12. The summed E-state index contributed by atoms with van der Waals surface area (Å²) in [6.45, 7) is 4.01. The molecule has 7 nitrogen and oxygen atoms in total. The van der Waals surface area contributed by atoms with Crippen LogP contribution >= 0.6 is 0 Å². The molecule has 0 radical (unpaired) electrons. The van der Waals surface area contributed by atoms with Gasteiger partial charge in [-0.2, -0.15) is 0 Å². The van der Waals surface area contributed by atoms with Gasteiger partial charge in [0.05, 0.1) is 0 Å². The van der Waals surface area contributed by atoms with E-state index in [2.05, 4.69) is 25.2 Å². The van der Waals surface area contributed by atoms with Gasteiger partial charge in [0.1, 0.15) is 5.69 Å². The predicted molar refractivity (Wildman–Crippen MR) is 55.6 cm³/mol. The number of rotatable bonds is 3. The summed E-state index contributed by atoms with van der Waals surface area (Å²) in [6, 6.07) is 0. The molecule has 0 amide bonds. The van der Waals surface area contributed by atoms with Gasteiger partial charge in [-0.15, -0.1) is 0 Å². The van der Waals surface area contributed by atoms with Crippen molar-refractivity contribution in [3.8, 4) is 0 Å². The van der Waals surface area contributed by atoms with Gasteiger partial charge in [0, 0.05) is 39.0 Å². The van der Waals surface area contributed by atoms with Crippen LogP contribution in [-0.2, 0) is 16.4 Å². The fourth-order valence-electron chi connectivity index (χ4n) is 1.66. The zero-order valence-corrected chi connectivity index (χ0v) is 9.83. The minimum Gasteiger partial charge on any atom is -0.314 e. The lowest BCUT2D eigenvalue weighted by Gasteiger charge is -2.26. The Bertz CT molecular complexity index is 450. The third-order valence-corrected chi connectivity index (χ3v) is 3.47. The van der Waals surface area contributed by atoms with Crippen molar-refractivity contribution in [2.24, 2.45) is 0 Å². The Labute approximate surface area is 93.7 Å². The minimum absolute atomic E-state index is 0.0500. The van der Waals surface area contributed by atoms with Crippen LogP contribution < -0.4 is 5.32 Å². The number of piperazine rings is 1. The topological polar surface area (TPSA) is 88.3 Å². The molecule has 1 aliphatic heterocycles. The Hall–Kier alpha value is -0.990. The molecule has 1 N–H and O–H groups in total. The first kappa shape index (κ1) is 11.5. The molecular weight excluding hydrogens is 232 g/mol. The lowest BCUT2D eigenvalue weighted by molar-refractivity contribution is 0.223. The largest absolute Gasteiger partial charge is 0.314 e. The minimum atomic E-state index is -3.35. The van der Waals surface area contributed by atoms with Crippen LogP contribution in [0.4, 0.5) is 0 Å². The van der Waals surface area contributed by atoms with Crippen molar-refractivity contribution in [2.75, 3.05) is 32.4 Å². The number of sulfone groups is 1. The standard InChI is InChI=1S/C8H14N4O3S/c1-16(13,14)8-7(10-15-11-8)6-12-4-2-9-3-5-12/h9H,2-6H2,1H3. The summed E-state index contributed by atoms with van der Waals surface area (Å²) < 4.78 is 27.2. The first-order chi connectivity index (χ1) is 7.57. The monoisotopic (exact) mass is 246 g/mol. The molecule has 1 fully saturated rings. The van der Waals surface area contributed by atoms with Crippen LogP contribution in [-0.4, -0.2) is 56.1 Å². The third kappa shape index (κ3) is 2.57. The van der Waals surface area contributed by atoms with E-state index in [1.54, 1.807) is 0 Å². The van der Waals surface area contributed by atoms with E-state index < -0.39 is 9.84 Å². The van der Waals surface area contributed by atoms with E-state index >= 15 is 0 Å². The number of hydrogen-bond donors (Lipinski definition) is 1. The summed E-state index contributed by atoms with van der Waals surface area (Å²) in [7, 11) is -3.35. The molecule has 0 atom stereocenters. The maximum absolute atomic E-state index is 11.4. The lowest BCUT2D eigenvalue weighted by atomic mass is 10.3. The molecule has 1 aliphatic rings.